The van der Waals surface area contributed by atoms with Crippen molar-refractivity contribution < 1.29 is 18.7 Å². The highest BCUT2D eigenvalue weighted by Crippen LogP contribution is 2.24. The van der Waals surface area contributed by atoms with E-state index in [2.05, 4.69) is 10.6 Å². The third-order valence-electron chi connectivity index (χ3n) is 3.95. The molecule has 138 valence electrons. The molecule has 0 aliphatic carbocycles. The van der Waals surface area contributed by atoms with Gasteiger partial charge in [-0.1, -0.05) is 24.3 Å². The van der Waals surface area contributed by atoms with Crippen molar-refractivity contribution >= 4 is 40.4 Å². The molecule has 0 aliphatic rings. The molecular weight excluding hydrogens is 344 g/mol. The van der Waals surface area contributed by atoms with Crippen molar-refractivity contribution in [3.63, 3.8) is 0 Å². The fourth-order valence-corrected chi connectivity index (χ4v) is 2.60. The summed E-state index contributed by atoms with van der Waals surface area (Å²) in [5.41, 5.74) is 2.68. The number of amides is 2. The fourth-order valence-electron chi connectivity index (χ4n) is 2.60. The molecule has 2 amide bonds. The van der Waals surface area contributed by atoms with Crippen molar-refractivity contribution in [2.45, 2.75) is 13.8 Å². The molecule has 0 saturated carbocycles. The molecule has 2 aromatic carbocycles. The largest absolute Gasteiger partial charge is 0.457 e. The molecule has 6 heteroatoms. The van der Waals surface area contributed by atoms with Gasteiger partial charge in [-0.25, -0.2) is 4.79 Å². The Balaban J connectivity index is 1.69. The summed E-state index contributed by atoms with van der Waals surface area (Å²) in [5, 5.41) is 6.43. The van der Waals surface area contributed by atoms with Crippen molar-refractivity contribution in [1.29, 1.82) is 0 Å². The summed E-state index contributed by atoms with van der Waals surface area (Å²) >= 11 is 0. The van der Waals surface area contributed by atoms with Crippen LogP contribution < -0.4 is 10.6 Å². The first-order chi connectivity index (χ1) is 13.1. The highest BCUT2D eigenvalue weighted by molar-refractivity contribution is 6.03. The number of carbonyl (C=O) groups excluding carboxylic acids is 2. The first kappa shape index (κ1) is 18.3. The van der Waals surface area contributed by atoms with Crippen molar-refractivity contribution in [3.05, 3.63) is 65.9 Å². The second-order valence-corrected chi connectivity index (χ2v) is 5.83. The van der Waals surface area contributed by atoms with Crippen LogP contribution in [0.25, 0.3) is 17.0 Å². The number of hydrogen-bond donors (Lipinski definition) is 2. The maximum absolute atomic E-state index is 12.2. The lowest BCUT2D eigenvalue weighted by atomic mass is 10.1. The molecule has 3 rings (SSSR count). The number of hydrogen-bond acceptors (Lipinski definition) is 4. The molecule has 0 radical (unpaired) electrons. The predicted octanol–water partition coefficient (Wildman–Crippen LogP) is 4.96. The van der Waals surface area contributed by atoms with Gasteiger partial charge in [-0.15, -0.1) is 0 Å². The van der Waals surface area contributed by atoms with Gasteiger partial charge in [0, 0.05) is 22.8 Å². The van der Waals surface area contributed by atoms with Crippen LogP contribution in [0.5, 0.6) is 0 Å². The number of rotatable bonds is 5. The number of nitrogens with one attached hydrogen (secondary N) is 2. The van der Waals surface area contributed by atoms with Gasteiger partial charge in [0.1, 0.15) is 11.3 Å². The van der Waals surface area contributed by atoms with E-state index in [0.717, 1.165) is 16.5 Å². The SMILES string of the molecule is CCOC(=O)Nc1cccc(NC(=O)C=Cc2cc3ccccc3o2)c1C. The Labute approximate surface area is 156 Å². The van der Waals surface area contributed by atoms with Crippen LogP contribution >= 0.6 is 0 Å². The molecule has 1 aromatic heterocycles. The Kier molecular flexibility index (Phi) is 5.56. The van der Waals surface area contributed by atoms with E-state index >= 15 is 0 Å². The fraction of sp³-hybridized carbons (Fsp3) is 0.143. The minimum Gasteiger partial charge on any atom is -0.457 e. The third kappa shape index (κ3) is 4.55. The number of benzene rings is 2. The van der Waals surface area contributed by atoms with Crippen molar-refractivity contribution in [2.24, 2.45) is 0 Å². The monoisotopic (exact) mass is 364 g/mol. The number of furan rings is 1. The number of ether oxygens (including phenoxy) is 1. The molecule has 6 nitrogen and oxygen atoms in total. The molecule has 0 unspecified atom stereocenters. The van der Waals surface area contributed by atoms with Crippen LogP contribution in [0.3, 0.4) is 0 Å². The summed E-state index contributed by atoms with van der Waals surface area (Å²) in [4.78, 5) is 23.8. The second kappa shape index (κ2) is 8.23. The number of anilines is 2. The van der Waals surface area contributed by atoms with E-state index < -0.39 is 6.09 Å². The zero-order chi connectivity index (χ0) is 19.2. The van der Waals surface area contributed by atoms with Crippen LogP contribution in [0.2, 0.25) is 0 Å². The van der Waals surface area contributed by atoms with Crippen LogP contribution in [0.1, 0.15) is 18.2 Å². The van der Waals surface area contributed by atoms with Gasteiger partial charge in [0.05, 0.1) is 6.61 Å². The zero-order valence-corrected chi connectivity index (χ0v) is 15.1. The van der Waals surface area contributed by atoms with E-state index in [1.54, 1.807) is 38.1 Å². The Hall–Kier alpha value is -3.54. The van der Waals surface area contributed by atoms with E-state index in [4.69, 9.17) is 9.15 Å². The van der Waals surface area contributed by atoms with Gasteiger partial charge >= 0.3 is 6.09 Å². The lowest BCUT2D eigenvalue weighted by Gasteiger charge is -2.12. The lowest BCUT2D eigenvalue weighted by Crippen LogP contribution is -2.15. The van der Waals surface area contributed by atoms with Crippen LogP contribution in [0.4, 0.5) is 16.2 Å². The van der Waals surface area contributed by atoms with Gasteiger partial charge < -0.3 is 14.5 Å². The summed E-state index contributed by atoms with van der Waals surface area (Å²) in [6.07, 6.45) is 2.49. The predicted molar refractivity (Wildman–Crippen MR) is 106 cm³/mol. The first-order valence-electron chi connectivity index (χ1n) is 8.58. The number of para-hydroxylation sites is 1. The van der Waals surface area contributed by atoms with Crippen molar-refractivity contribution in [1.82, 2.24) is 0 Å². The Morgan fingerprint density at radius 1 is 1.07 bits per heavy atom. The highest BCUT2D eigenvalue weighted by Gasteiger charge is 2.09. The third-order valence-corrected chi connectivity index (χ3v) is 3.95. The van der Waals surface area contributed by atoms with Gasteiger partial charge in [-0.05, 0) is 49.8 Å². The topological polar surface area (TPSA) is 80.6 Å². The van der Waals surface area contributed by atoms with Gasteiger partial charge in [0.25, 0.3) is 0 Å². The number of carbonyl (C=O) groups is 2. The zero-order valence-electron chi connectivity index (χ0n) is 15.1. The summed E-state index contributed by atoms with van der Waals surface area (Å²) in [6, 6.07) is 14.8. The lowest BCUT2D eigenvalue weighted by molar-refractivity contribution is -0.111. The summed E-state index contributed by atoms with van der Waals surface area (Å²) in [5.74, 6) is 0.299. The Bertz CT molecular complexity index is 971. The normalized spacial score (nSPS) is 10.9. The maximum atomic E-state index is 12.2. The molecule has 1 heterocycles. The van der Waals surface area contributed by atoms with E-state index in [1.165, 1.54) is 6.08 Å². The van der Waals surface area contributed by atoms with Gasteiger partial charge in [0.2, 0.25) is 5.91 Å². The number of fused-ring (bicyclic) bond motifs is 1. The van der Waals surface area contributed by atoms with E-state index in [-0.39, 0.29) is 12.5 Å². The average Bonchev–Trinajstić information content (AvgIpc) is 3.06. The minimum absolute atomic E-state index is 0.286. The van der Waals surface area contributed by atoms with Crippen molar-refractivity contribution in [3.8, 4) is 0 Å². The van der Waals surface area contributed by atoms with Crippen LogP contribution in [0.15, 0.2) is 59.0 Å². The minimum atomic E-state index is -0.533. The summed E-state index contributed by atoms with van der Waals surface area (Å²) in [7, 11) is 0. The Morgan fingerprint density at radius 3 is 2.56 bits per heavy atom. The maximum Gasteiger partial charge on any atom is 0.411 e. The average molecular weight is 364 g/mol. The van der Waals surface area contributed by atoms with Crippen LogP contribution in [-0.4, -0.2) is 18.6 Å². The van der Waals surface area contributed by atoms with Crippen molar-refractivity contribution in [2.75, 3.05) is 17.2 Å². The quantitative estimate of drug-likeness (QED) is 0.627. The van der Waals surface area contributed by atoms with Crippen LogP contribution in [-0.2, 0) is 9.53 Å². The second-order valence-electron chi connectivity index (χ2n) is 5.83. The molecule has 0 bridgehead atoms. The van der Waals surface area contributed by atoms with Crippen LogP contribution in [0, 0.1) is 6.92 Å². The molecule has 3 aromatic rings. The molecule has 0 fully saturated rings. The Morgan fingerprint density at radius 2 is 1.81 bits per heavy atom. The van der Waals surface area contributed by atoms with E-state index in [0.29, 0.717) is 17.1 Å². The molecule has 0 saturated heterocycles. The molecule has 0 aliphatic heterocycles. The summed E-state index contributed by atoms with van der Waals surface area (Å²) < 4.78 is 10.5. The smallest absolute Gasteiger partial charge is 0.411 e. The molecule has 0 spiro atoms. The van der Waals surface area contributed by atoms with E-state index in [9.17, 15) is 9.59 Å². The molecule has 2 N–H and O–H groups in total. The highest BCUT2D eigenvalue weighted by atomic mass is 16.5. The van der Waals surface area contributed by atoms with Gasteiger partial charge in [0.15, 0.2) is 0 Å². The first-order valence-corrected chi connectivity index (χ1v) is 8.58. The van der Waals surface area contributed by atoms with E-state index in [1.807, 2.05) is 30.3 Å². The molecular formula is C21H20N2O4. The standard InChI is InChI=1S/C21H20N2O4/c1-3-26-21(25)23-18-9-6-8-17(14(18)2)22-20(24)12-11-16-13-15-7-4-5-10-19(15)27-16/h4-13H,3H2,1-2H3,(H,22,24)(H,23,25). The molecule has 0 atom stereocenters. The van der Waals surface area contributed by atoms with Gasteiger partial charge in [-0.2, -0.15) is 0 Å². The molecule has 27 heavy (non-hydrogen) atoms. The summed E-state index contributed by atoms with van der Waals surface area (Å²) in [6.45, 7) is 3.82. The van der Waals surface area contributed by atoms with Gasteiger partial charge in [-0.3, -0.25) is 10.1 Å².